The summed E-state index contributed by atoms with van der Waals surface area (Å²) in [7, 11) is 1.60. The van der Waals surface area contributed by atoms with E-state index in [1.54, 1.807) is 31.4 Å². The van der Waals surface area contributed by atoms with Crippen molar-refractivity contribution in [1.82, 2.24) is 4.90 Å². The molecule has 0 aliphatic rings. The van der Waals surface area contributed by atoms with E-state index in [1.807, 2.05) is 0 Å². The van der Waals surface area contributed by atoms with E-state index in [0.717, 1.165) is 13.1 Å². The van der Waals surface area contributed by atoms with Crippen molar-refractivity contribution in [3.05, 3.63) is 101 Å². The van der Waals surface area contributed by atoms with Crippen molar-refractivity contribution in [2.75, 3.05) is 20.3 Å². The second-order valence-electron chi connectivity index (χ2n) is 7.43. The number of aryl methyl sites for hydroxylation is 2. The summed E-state index contributed by atoms with van der Waals surface area (Å²) >= 11 is 0. The molecule has 3 aromatic rings. The summed E-state index contributed by atoms with van der Waals surface area (Å²) < 4.78 is 10.7. The number of hydrogen-bond acceptors (Lipinski definition) is 4. The predicted molar refractivity (Wildman–Crippen MR) is 127 cm³/mol. The first kappa shape index (κ1) is 24.4. The lowest BCUT2D eigenvalue weighted by Gasteiger charge is -2.24. The summed E-state index contributed by atoms with van der Waals surface area (Å²) in [5, 5.41) is 0. The molecule has 3 rings (SSSR count). The number of carbonyl (C=O) groups is 1. The minimum atomic E-state index is -0.315. The lowest BCUT2D eigenvalue weighted by Crippen LogP contribution is -2.28. The normalized spacial score (nSPS) is 10.5. The molecule has 0 atom stereocenters. The van der Waals surface area contributed by atoms with Crippen molar-refractivity contribution in [2.24, 2.45) is 0 Å². The maximum atomic E-state index is 12.4. The molecule has 0 heterocycles. The smallest absolute Gasteiger partial charge is 0.338 e. The van der Waals surface area contributed by atoms with E-state index in [4.69, 9.17) is 9.47 Å². The molecule has 0 amide bonds. The standard InChI is InChI=1S/C26H29NO3.ClH/c1-20-8-4-6-10-23(20)18-27(19-24-11-7-5-9-21(24)2)16-17-30-26(28)22-12-14-25(29-3)15-13-22;/h4-15H,16-19H2,1-3H3;1H. The van der Waals surface area contributed by atoms with E-state index in [2.05, 4.69) is 67.3 Å². The van der Waals surface area contributed by atoms with Gasteiger partial charge in [-0.1, -0.05) is 48.5 Å². The van der Waals surface area contributed by atoms with Crippen LogP contribution in [0, 0.1) is 13.8 Å². The van der Waals surface area contributed by atoms with Gasteiger partial charge in [-0.2, -0.15) is 0 Å². The molecule has 0 aromatic heterocycles. The van der Waals surface area contributed by atoms with Crippen LogP contribution in [0.5, 0.6) is 5.75 Å². The van der Waals surface area contributed by atoms with Gasteiger partial charge in [-0.3, -0.25) is 4.90 Å². The molecule has 3 aromatic carbocycles. The van der Waals surface area contributed by atoms with Crippen LogP contribution in [0.25, 0.3) is 0 Å². The summed E-state index contributed by atoms with van der Waals surface area (Å²) in [6, 6.07) is 23.8. The van der Waals surface area contributed by atoms with E-state index < -0.39 is 0 Å². The van der Waals surface area contributed by atoms with Crippen LogP contribution in [0.15, 0.2) is 72.8 Å². The van der Waals surface area contributed by atoms with Gasteiger partial charge < -0.3 is 9.47 Å². The Morgan fingerprint density at radius 2 is 1.32 bits per heavy atom. The summed E-state index contributed by atoms with van der Waals surface area (Å²) in [5.41, 5.74) is 5.63. The molecule has 0 bridgehead atoms. The lowest BCUT2D eigenvalue weighted by atomic mass is 10.1. The van der Waals surface area contributed by atoms with Gasteiger partial charge in [-0.05, 0) is 60.4 Å². The third-order valence-corrected chi connectivity index (χ3v) is 5.28. The maximum absolute atomic E-state index is 12.4. The number of hydrogen-bond donors (Lipinski definition) is 0. The van der Waals surface area contributed by atoms with Crippen molar-refractivity contribution >= 4 is 18.4 Å². The van der Waals surface area contributed by atoms with Crippen LogP contribution in [0.1, 0.15) is 32.6 Å². The zero-order chi connectivity index (χ0) is 21.3. The molecule has 0 saturated heterocycles. The average molecular weight is 440 g/mol. The number of rotatable bonds is 9. The maximum Gasteiger partial charge on any atom is 0.338 e. The molecule has 164 valence electrons. The van der Waals surface area contributed by atoms with Crippen LogP contribution < -0.4 is 4.74 Å². The molecule has 31 heavy (non-hydrogen) atoms. The summed E-state index contributed by atoms with van der Waals surface area (Å²) in [5.74, 6) is 0.401. The topological polar surface area (TPSA) is 38.8 Å². The highest BCUT2D eigenvalue weighted by molar-refractivity contribution is 5.89. The fraction of sp³-hybridized carbons (Fsp3) is 0.269. The SMILES string of the molecule is COc1ccc(C(=O)OCCN(Cc2ccccc2C)Cc2ccccc2C)cc1.Cl. The second kappa shape index (κ2) is 12.1. The Labute approximate surface area is 191 Å². The van der Waals surface area contributed by atoms with Crippen molar-refractivity contribution in [3.8, 4) is 5.75 Å². The molecule has 5 heteroatoms. The first-order chi connectivity index (χ1) is 14.6. The van der Waals surface area contributed by atoms with Crippen LogP contribution in [0.4, 0.5) is 0 Å². The number of esters is 1. The van der Waals surface area contributed by atoms with Gasteiger partial charge in [0.05, 0.1) is 12.7 Å². The van der Waals surface area contributed by atoms with E-state index >= 15 is 0 Å². The number of nitrogens with zero attached hydrogens (tertiary/aromatic N) is 1. The minimum Gasteiger partial charge on any atom is -0.497 e. The fourth-order valence-corrected chi connectivity index (χ4v) is 3.35. The Hall–Kier alpha value is -2.82. The Kier molecular flexibility index (Phi) is 9.57. The van der Waals surface area contributed by atoms with Gasteiger partial charge in [0.1, 0.15) is 12.4 Å². The van der Waals surface area contributed by atoms with Crippen molar-refractivity contribution in [2.45, 2.75) is 26.9 Å². The Morgan fingerprint density at radius 1 is 0.806 bits per heavy atom. The van der Waals surface area contributed by atoms with E-state index in [1.165, 1.54) is 22.3 Å². The van der Waals surface area contributed by atoms with Gasteiger partial charge in [-0.15, -0.1) is 12.4 Å². The Balaban J connectivity index is 0.00000341. The first-order valence-corrected chi connectivity index (χ1v) is 10.2. The molecule has 0 aliphatic carbocycles. The first-order valence-electron chi connectivity index (χ1n) is 10.2. The highest BCUT2D eigenvalue weighted by Crippen LogP contribution is 2.16. The Morgan fingerprint density at radius 3 is 1.81 bits per heavy atom. The highest BCUT2D eigenvalue weighted by atomic mass is 35.5. The number of methoxy groups -OCH3 is 1. The molecule has 0 saturated carbocycles. The molecule has 4 nitrogen and oxygen atoms in total. The van der Waals surface area contributed by atoms with E-state index in [0.29, 0.717) is 24.5 Å². The molecule has 0 spiro atoms. The van der Waals surface area contributed by atoms with Gasteiger partial charge in [0.2, 0.25) is 0 Å². The highest BCUT2D eigenvalue weighted by Gasteiger charge is 2.12. The van der Waals surface area contributed by atoms with E-state index in [-0.39, 0.29) is 18.4 Å². The van der Waals surface area contributed by atoms with E-state index in [9.17, 15) is 4.79 Å². The quantitative estimate of drug-likeness (QED) is 0.407. The van der Waals surface area contributed by atoms with Gasteiger partial charge in [-0.25, -0.2) is 4.79 Å². The molecule has 0 unspecified atom stereocenters. The molecular weight excluding hydrogens is 410 g/mol. The number of ether oxygens (including phenoxy) is 2. The van der Waals surface area contributed by atoms with Crippen molar-refractivity contribution in [1.29, 1.82) is 0 Å². The molecule has 0 fully saturated rings. The average Bonchev–Trinajstić information content (AvgIpc) is 2.76. The Bertz CT molecular complexity index is 925. The van der Waals surface area contributed by atoms with Gasteiger partial charge in [0, 0.05) is 19.6 Å². The van der Waals surface area contributed by atoms with Gasteiger partial charge in [0.25, 0.3) is 0 Å². The molecule has 0 radical (unpaired) electrons. The van der Waals surface area contributed by atoms with Crippen molar-refractivity contribution < 1.29 is 14.3 Å². The number of benzene rings is 3. The van der Waals surface area contributed by atoms with Crippen LogP contribution in [0.2, 0.25) is 0 Å². The summed E-state index contributed by atoms with van der Waals surface area (Å²) in [6.45, 7) is 6.87. The third-order valence-electron chi connectivity index (χ3n) is 5.28. The van der Waals surface area contributed by atoms with Crippen LogP contribution in [-0.2, 0) is 17.8 Å². The van der Waals surface area contributed by atoms with Gasteiger partial charge >= 0.3 is 5.97 Å². The monoisotopic (exact) mass is 439 g/mol. The fourth-order valence-electron chi connectivity index (χ4n) is 3.35. The largest absolute Gasteiger partial charge is 0.497 e. The zero-order valence-electron chi connectivity index (χ0n) is 18.3. The van der Waals surface area contributed by atoms with Crippen molar-refractivity contribution in [3.63, 3.8) is 0 Å². The van der Waals surface area contributed by atoms with Crippen LogP contribution in [0.3, 0.4) is 0 Å². The molecule has 0 aliphatic heterocycles. The minimum absolute atomic E-state index is 0. The number of halogens is 1. The molecule has 0 N–H and O–H groups in total. The number of carbonyl (C=O) groups excluding carboxylic acids is 1. The predicted octanol–water partition coefficient (Wildman–Crippen LogP) is 5.59. The summed E-state index contributed by atoms with van der Waals surface area (Å²) in [4.78, 5) is 14.7. The second-order valence-corrected chi connectivity index (χ2v) is 7.43. The molecular formula is C26H30ClNO3. The zero-order valence-corrected chi connectivity index (χ0v) is 19.2. The van der Waals surface area contributed by atoms with Gasteiger partial charge in [0.15, 0.2) is 0 Å². The third kappa shape index (κ3) is 7.12. The van der Waals surface area contributed by atoms with Crippen LogP contribution >= 0.6 is 12.4 Å². The lowest BCUT2D eigenvalue weighted by molar-refractivity contribution is 0.0453. The van der Waals surface area contributed by atoms with Crippen LogP contribution in [-0.4, -0.2) is 31.1 Å². The summed E-state index contributed by atoms with van der Waals surface area (Å²) in [6.07, 6.45) is 0.